The molecule has 0 saturated heterocycles. The molecule has 0 atom stereocenters. The number of aliphatic imine (C=N–C) groups is 1. The molecule has 32 heavy (non-hydrogen) atoms. The summed E-state index contributed by atoms with van der Waals surface area (Å²) in [7, 11) is 9.87. The normalized spacial score (nSPS) is 14.6. The van der Waals surface area contributed by atoms with Crippen LogP contribution >= 0.6 is 17.0 Å². The van der Waals surface area contributed by atoms with Crippen molar-refractivity contribution >= 4 is 23.2 Å². The van der Waals surface area contributed by atoms with Gasteiger partial charge in [-0.1, -0.05) is 92.1 Å². The minimum absolute atomic E-state index is 0.322. The van der Waals surface area contributed by atoms with Crippen LogP contribution in [0.25, 0.3) is 0 Å². The third kappa shape index (κ3) is 6.13. The number of benzene rings is 3. The van der Waals surface area contributed by atoms with Crippen LogP contribution in [0.3, 0.4) is 0 Å². The number of phenols is 1. The van der Waals surface area contributed by atoms with E-state index in [4.69, 9.17) is 22.0 Å². The Labute approximate surface area is 210 Å². The van der Waals surface area contributed by atoms with Gasteiger partial charge in [-0.3, -0.25) is 4.99 Å². The summed E-state index contributed by atoms with van der Waals surface area (Å²) < 4.78 is 0. The van der Waals surface area contributed by atoms with E-state index in [0.29, 0.717) is 11.8 Å². The van der Waals surface area contributed by atoms with Gasteiger partial charge in [0.2, 0.25) is 0 Å². The Kier molecular flexibility index (Phi) is 10.0. The predicted molar refractivity (Wildman–Crippen MR) is 133 cm³/mol. The van der Waals surface area contributed by atoms with Crippen molar-refractivity contribution in [2.45, 2.75) is 50.5 Å². The third-order valence-corrected chi connectivity index (χ3v) is 6.31. The van der Waals surface area contributed by atoms with E-state index in [0.717, 1.165) is 35.1 Å². The maximum atomic E-state index is 11.3. The first-order chi connectivity index (χ1) is 15.6. The fraction of sp³-hybridized carbons (Fsp3) is 0.296. The van der Waals surface area contributed by atoms with Gasteiger partial charge in [0.15, 0.2) is 0 Å². The van der Waals surface area contributed by atoms with Crippen molar-refractivity contribution in [1.82, 2.24) is 0 Å². The number of aromatic hydroxyl groups is 1. The van der Waals surface area contributed by atoms with Crippen molar-refractivity contribution in [3.8, 4) is 5.75 Å². The second-order valence-electron chi connectivity index (χ2n) is 8.24. The number of halogens is 2. The summed E-state index contributed by atoms with van der Waals surface area (Å²) in [6, 6.07) is 27.2. The standard InChI is InChI=1S/C27H29NO.2ClH.Zr/c1-27(22-13-5-2-6-14-22,23-15-7-3-8-16-23)25-19-11-12-21(26(25)29)20-28-24-17-9-4-10-18-24;;;/h2-3,5-8,11-16,19-20,24,29H,4,9-10,17-18H2,1H3;2*1H;/q;;;+2/p-2. The van der Waals surface area contributed by atoms with Crippen LogP contribution in [0, 0.1) is 0 Å². The van der Waals surface area contributed by atoms with Gasteiger partial charge in [0.25, 0.3) is 0 Å². The molecule has 3 aromatic rings. The topological polar surface area (TPSA) is 32.6 Å². The fourth-order valence-electron chi connectivity index (χ4n) is 4.51. The zero-order valence-electron chi connectivity index (χ0n) is 18.3. The number of nitrogens with zero attached hydrogens (tertiary/aromatic N) is 1. The zero-order valence-corrected chi connectivity index (χ0v) is 22.3. The van der Waals surface area contributed by atoms with Gasteiger partial charge in [-0.15, -0.1) is 0 Å². The second-order valence-corrected chi connectivity index (χ2v) is 12.0. The van der Waals surface area contributed by atoms with Crippen molar-refractivity contribution in [2.24, 2.45) is 4.99 Å². The number of hydrogen-bond donors (Lipinski definition) is 1. The van der Waals surface area contributed by atoms with E-state index in [1.54, 1.807) is 0 Å². The molecular formula is C27H29Cl2NOZr. The molecule has 2 nitrogen and oxygen atoms in total. The van der Waals surface area contributed by atoms with Crippen LogP contribution < -0.4 is 0 Å². The maximum absolute atomic E-state index is 11.3. The van der Waals surface area contributed by atoms with E-state index in [2.05, 4.69) is 55.5 Å². The van der Waals surface area contributed by atoms with Crippen LogP contribution in [-0.2, 0) is 26.3 Å². The molecular weight excluding hydrogens is 516 g/mol. The molecule has 5 heteroatoms. The predicted octanol–water partition coefficient (Wildman–Crippen LogP) is 7.87. The number of hydrogen-bond acceptors (Lipinski definition) is 2. The molecule has 0 radical (unpaired) electrons. The van der Waals surface area contributed by atoms with Gasteiger partial charge in [-0.25, -0.2) is 0 Å². The van der Waals surface area contributed by atoms with Crippen molar-refractivity contribution in [1.29, 1.82) is 0 Å². The second kappa shape index (κ2) is 12.7. The Bertz CT molecular complexity index is 950. The van der Waals surface area contributed by atoms with E-state index in [-0.39, 0.29) is 0 Å². The average Bonchev–Trinajstić information content (AvgIpc) is 2.85. The van der Waals surface area contributed by atoms with Gasteiger partial charge in [-0.2, -0.15) is 0 Å². The summed E-state index contributed by atoms with van der Waals surface area (Å²) in [4.78, 5) is 4.80. The van der Waals surface area contributed by atoms with Gasteiger partial charge in [0.1, 0.15) is 5.75 Å². The molecule has 0 aromatic heterocycles. The van der Waals surface area contributed by atoms with Gasteiger partial charge in [-0.05, 0) is 37.0 Å². The number of para-hydroxylation sites is 1. The van der Waals surface area contributed by atoms with Crippen LogP contribution in [0.4, 0.5) is 0 Å². The summed E-state index contributed by atoms with van der Waals surface area (Å²) in [6.45, 7) is 2.19. The Balaban J connectivity index is 0.000000913. The molecule has 0 bridgehead atoms. The van der Waals surface area contributed by atoms with Crippen molar-refractivity contribution in [2.75, 3.05) is 0 Å². The summed E-state index contributed by atoms with van der Waals surface area (Å²) >= 11 is -0.826. The van der Waals surface area contributed by atoms with Crippen LogP contribution in [-0.4, -0.2) is 17.4 Å². The third-order valence-electron chi connectivity index (χ3n) is 6.31. The fourth-order valence-corrected chi connectivity index (χ4v) is 4.51. The summed E-state index contributed by atoms with van der Waals surface area (Å²) in [5, 5.41) is 11.3. The molecule has 1 aliphatic carbocycles. The average molecular weight is 546 g/mol. The first-order valence-electron chi connectivity index (χ1n) is 11.0. The van der Waals surface area contributed by atoms with Crippen LogP contribution in [0.5, 0.6) is 5.75 Å². The molecule has 0 heterocycles. The Morgan fingerprint density at radius 1 is 0.844 bits per heavy atom. The Morgan fingerprint density at radius 3 is 1.91 bits per heavy atom. The van der Waals surface area contributed by atoms with E-state index in [1.165, 1.54) is 19.3 Å². The first-order valence-corrected chi connectivity index (χ1v) is 17.4. The molecule has 3 aromatic carbocycles. The molecule has 1 fully saturated rings. The zero-order chi connectivity index (χ0) is 22.8. The summed E-state index contributed by atoms with van der Waals surface area (Å²) in [5.74, 6) is 0.322. The van der Waals surface area contributed by atoms with Gasteiger partial charge >= 0.3 is 37.9 Å². The van der Waals surface area contributed by atoms with E-state index >= 15 is 0 Å². The minimum atomic E-state index is -0.826. The molecule has 0 unspecified atom stereocenters. The first kappa shape index (κ1) is 25.2. The summed E-state index contributed by atoms with van der Waals surface area (Å²) in [5.41, 5.74) is 3.56. The SMILES string of the molecule is CC(c1ccccc1)(c1ccccc1)c1cccc(C=NC2CCCCC2)c1O.[Cl][Zr][Cl]. The van der Waals surface area contributed by atoms with Crippen molar-refractivity contribution < 1.29 is 26.0 Å². The Hall–Kier alpha value is -1.41. The van der Waals surface area contributed by atoms with E-state index in [1.807, 2.05) is 36.5 Å². The molecule has 1 saturated carbocycles. The molecule has 1 N–H and O–H groups in total. The van der Waals surface area contributed by atoms with Crippen molar-refractivity contribution in [3.05, 3.63) is 101 Å². The number of rotatable bonds is 5. The molecule has 4 rings (SSSR count). The molecule has 0 amide bonds. The number of phenolic OH excluding ortho intramolecular Hbond substituents is 1. The van der Waals surface area contributed by atoms with E-state index < -0.39 is 26.3 Å². The van der Waals surface area contributed by atoms with Gasteiger partial charge in [0.05, 0.1) is 0 Å². The van der Waals surface area contributed by atoms with Gasteiger partial charge in [0, 0.05) is 28.8 Å². The van der Waals surface area contributed by atoms with Gasteiger partial charge < -0.3 is 5.11 Å². The summed E-state index contributed by atoms with van der Waals surface area (Å²) in [6.07, 6.45) is 8.03. The van der Waals surface area contributed by atoms with Crippen molar-refractivity contribution in [3.63, 3.8) is 0 Å². The quantitative estimate of drug-likeness (QED) is 0.257. The molecule has 0 aliphatic heterocycles. The van der Waals surface area contributed by atoms with Crippen LogP contribution in [0.15, 0.2) is 83.9 Å². The molecule has 1 aliphatic rings. The monoisotopic (exact) mass is 543 g/mol. The Morgan fingerprint density at radius 2 is 1.38 bits per heavy atom. The van der Waals surface area contributed by atoms with Crippen LogP contribution in [0.1, 0.15) is 61.3 Å². The molecule has 0 spiro atoms. The van der Waals surface area contributed by atoms with E-state index in [9.17, 15) is 5.11 Å². The molecule has 166 valence electrons. The van der Waals surface area contributed by atoms with Crippen LogP contribution in [0.2, 0.25) is 0 Å².